The van der Waals surface area contributed by atoms with Crippen LogP contribution in [0.4, 0.5) is 5.69 Å². The summed E-state index contributed by atoms with van der Waals surface area (Å²) in [5, 5.41) is 16.1. The number of carboxylic acid groups (broad SMARTS) is 2. The highest BCUT2D eigenvalue weighted by atomic mass is 16.4. The number of nitrogens with zero attached hydrogens (tertiary/aromatic N) is 2. The number of carbonyl (C=O) groups is 3. The zero-order valence-electron chi connectivity index (χ0n) is 20.1. The smallest absolute Gasteiger partial charge is 0.414 e. The molecule has 2 aliphatic heterocycles. The van der Waals surface area contributed by atoms with Gasteiger partial charge in [-0.2, -0.15) is 0 Å². The molecule has 2 aliphatic rings. The third-order valence-electron chi connectivity index (χ3n) is 7.12. The minimum absolute atomic E-state index is 0.259. The molecule has 0 aliphatic carbocycles. The van der Waals surface area contributed by atoms with E-state index in [4.69, 9.17) is 25.5 Å². The normalized spacial score (nSPS) is 17.9. The maximum atomic E-state index is 11.5. The molecule has 0 saturated carbocycles. The number of aliphatic carboxylic acids is 2. The van der Waals surface area contributed by atoms with E-state index < -0.39 is 11.9 Å². The van der Waals surface area contributed by atoms with Crippen LogP contribution in [0.5, 0.6) is 0 Å². The second-order valence-electron chi connectivity index (χ2n) is 9.44. The molecule has 1 fully saturated rings. The number of likely N-dealkylation sites (tertiary alicyclic amines) is 1. The van der Waals surface area contributed by atoms with Gasteiger partial charge in [0.2, 0.25) is 5.91 Å². The number of carboxylic acids is 2. The molecule has 1 amide bonds. The third kappa shape index (κ3) is 6.04. The van der Waals surface area contributed by atoms with Crippen molar-refractivity contribution in [2.45, 2.75) is 31.1 Å². The highest BCUT2D eigenvalue weighted by Crippen LogP contribution is 2.38. The van der Waals surface area contributed by atoms with Gasteiger partial charge in [0.15, 0.2) is 0 Å². The minimum atomic E-state index is -1.82. The molecule has 5 N–H and O–H groups in total. The Morgan fingerprint density at radius 1 is 1.00 bits per heavy atom. The average Bonchev–Trinajstić information content (AvgIpc) is 3.47. The van der Waals surface area contributed by atoms with Crippen LogP contribution in [-0.4, -0.2) is 70.7 Å². The van der Waals surface area contributed by atoms with E-state index in [0.29, 0.717) is 18.4 Å². The first kappa shape index (κ1) is 25.2. The topological polar surface area (TPSA) is 140 Å². The van der Waals surface area contributed by atoms with Crippen molar-refractivity contribution in [3.63, 3.8) is 0 Å². The molecule has 1 aromatic heterocycles. The van der Waals surface area contributed by atoms with E-state index in [1.54, 1.807) is 0 Å². The Kier molecular flexibility index (Phi) is 7.90. The zero-order chi connectivity index (χ0) is 25.7. The van der Waals surface area contributed by atoms with Gasteiger partial charge in [0, 0.05) is 29.9 Å². The van der Waals surface area contributed by atoms with Gasteiger partial charge in [-0.3, -0.25) is 4.79 Å². The van der Waals surface area contributed by atoms with E-state index in [-0.39, 0.29) is 5.91 Å². The Bertz CT molecular complexity index is 1220. The lowest BCUT2D eigenvalue weighted by atomic mass is 9.88. The molecule has 190 valence electrons. The van der Waals surface area contributed by atoms with E-state index in [9.17, 15) is 4.79 Å². The van der Waals surface area contributed by atoms with Gasteiger partial charge < -0.3 is 30.7 Å². The highest BCUT2D eigenvalue weighted by molar-refractivity contribution is 6.27. The quantitative estimate of drug-likeness (QED) is 0.388. The number of rotatable bonds is 6. The summed E-state index contributed by atoms with van der Waals surface area (Å²) in [6.07, 6.45) is 5.60. The zero-order valence-corrected chi connectivity index (χ0v) is 20.1. The van der Waals surface area contributed by atoms with Crippen molar-refractivity contribution < 1.29 is 24.6 Å². The number of hydrogen-bond donors (Lipinski definition) is 4. The summed E-state index contributed by atoms with van der Waals surface area (Å²) < 4.78 is 0. The van der Waals surface area contributed by atoms with Crippen molar-refractivity contribution in [1.82, 2.24) is 9.88 Å². The van der Waals surface area contributed by atoms with Crippen LogP contribution >= 0.6 is 0 Å². The average molecular weight is 493 g/mol. The molecule has 1 atom stereocenters. The Morgan fingerprint density at radius 3 is 2.42 bits per heavy atom. The van der Waals surface area contributed by atoms with Gasteiger partial charge in [0.25, 0.3) is 0 Å². The van der Waals surface area contributed by atoms with Crippen LogP contribution in [0, 0.1) is 0 Å². The van der Waals surface area contributed by atoms with Crippen LogP contribution in [0.15, 0.2) is 54.7 Å². The Balaban J connectivity index is 0.000000455. The van der Waals surface area contributed by atoms with Crippen molar-refractivity contribution in [2.24, 2.45) is 5.73 Å². The monoisotopic (exact) mass is 492 g/mol. The molecule has 0 spiro atoms. The van der Waals surface area contributed by atoms with Crippen molar-refractivity contribution in [1.29, 1.82) is 0 Å². The van der Waals surface area contributed by atoms with Gasteiger partial charge in [-0.25, -0.2) is 9.59 Å². The number of para-hydroxylation sites is 1. The summed E-state index contributed by atoms with van der Waals surface area (Å²) in [4.78, 5) is 37.7. The van der Waals surface area contributed by atoms with Crippen LogP contribution in [-0.2, 0) is 14.4 Å². The van der Waals surface area contributed by atoms with E-state index in [1.807, 2.05) is 12.3 Å². The Morgan fingerprint density at radius 2 is 1.72 bits per heavy atom. The first-order chi connectivity index (χ1) is 17.3. The van der Waals surface area contributed by atoms with E-state index in [0.717, 1.165) is 32.6 Å². The fraction of sp³-hybridized carbons (Fsp3) is 0.370. The summed E-state index contributed by atoms with van der Waals surface area (Å²) in [7, 11) is 0. The summed E-state index contributed by atoms with van der Waals surface area (Å²) in [6.45, 7) is 4.65. The lowest BCUT2D eigenvalue weighted by Crippen LogP contribution is -2.35. The van der Waals surface area contributed by atoms with Crippen molar-refractivity contribution >= 4 is 34.4 Å². The van der Waals surface area contributed by atoms with E-state index >= 15 is 0 Å². The number of primary amides is 1. The second-order valence-corrected chi connectivity index (χ2v) is 9.44. The summed E-state index contributed by atoms with van der Waals surface area (Å²) in [5.41, 5.74) is 10.7. The number of amides is 1. The van der Waals surface area contributed by atoms with Crippen molar-refractivity contribution in [3.8, 4) is 0 Å². The lowest BCUT2D eigenvalue weighted by molar-refractivity contribution is -0.159. The molecule has 5 rings (SSSR count). The van der Waals surface area contributed by atoms with E-state index in [2.05, 4.69) is 57.2 Å². The number of anilines is 1. The largest absolute Gasteiger partial charge is 0.473 e. The first-order valence-electron chi connectivity index (χ1n) is 12.2. The maximum absolute atomic E-state index is 11.5. The van der Waals surface area contributed by atoms with Gasteiger partial charge in [-0.15, -0.1) is 0 Å². The van der Waals surface area contributed by atoms with Crippen LogP contribution < -0.4 is 10.6 Å². The van der Waals surface area contributed by atoms with Gasteiger partial charge in [0.05, 0.1) is 6.54 Å². The predicted octanol–water partition coefficient (Wildman–Crippen LogP) is 2.98. The second kappa shape index (κ2) is 11.3. The van der Waals surface area contributed by atoms with Crippen molar-refractivity contribution in [2.75, 3.05) is 37.6 Å². The molecule has 9 nitrogen and oxygen atoms in total. The van der Waals surface area contributed by atoms with Crippen molar-refractivity contribution in [3.05, 3.63) is 65.9 Å². The molecular weight excluding hydrogens is 460 g/mol. The van der Waals surface area contributed by atoms with Crippen LogP contribution in [0.3, 0.4) is 0 Å². The highest BCUT2D eigenvalue weighted by Gasteiger charge is 2.29. The molecule has 0 unspecified atom stereocenters. The molecule has 0 radical (unpaired) electrons. The van der Waals surface area contributed by atoms with E-state index in [1.165, 1.54) is 40.6 Å². The SMILES string of the molecule is NC(=O)CN1C[C@@H](CCN2CCC(c3ccc4[nH]ccc4c3)CC2)c2ccccc21.O=C(O)C(=O)O. The molecule has 0 bridgehead atoms. The molecule has 9 heteroatoms. The van der Waals surface area contributed by atoms with Gasteiger partial charge in [-0.05, 0) is 85.6 Å². The number of benzene rings is 2. The van der Waals surface area contributed by atoms with Gasteiger partial charge in [-0.1, -0.05) is 24.3 Å². The number of aromatic amines is 1. The summed E-state index contributed by atoms with van der Waals surface area (Å²) in [6, 6.07) is 17.5. The third-order valence-corrected chi connectivity index (χ3v) is 7.12. The summed E-state index contributed by atoms with van der Waals surface area (Å²) in [5.74, 6) is -2.76. The number of aromatic nitrogens is 1. The molecule has 1 saturated heterocycles. The molecule has 3 aromatic rings. The number of fused-ring (bicyclic) bond motifs is 2. The number of carbonyl (C=O) groups excluding carboxylic acids is 1. The van der Waals surface area contributed by atoms with Gasteiger partial charge in [0.1, 0.15) is 0 Å². The molecular formula is C27H32N4O5. The number of H-pyrrole nitrogens is 1. The molecule has 36 heavy (non-hydrogen) atoms. The summed E-state index contributed by atoms with van der Waals surface area (Å²) >= 11 is 0. The fourth-order valence-electron chi connectivity index (χ4n) is 5.32. The lowest BCUT2D eigenvalue weighted by Gasteiger charge is -2.33. The Labute approximate surface area is 209 Å². The fourth-order valence-corrected chi connectivity index (χ4v) is 5.32. The molecule has 3 heterocycles. The maximum Gasteiger partial charge on any atom is 0.414 e. The number of nitrogens with one attached hydrogen (secondary N) is 1. The number of piperidine rings is 1. The van der Waals surface area contributed by atoms with Crippen LogP contribution in [0.25, 0.3) is 10.9 Å². The van der Waals surface area contributed by atoms with Crippen LogP contribution in [0.2, 0.25) is 0 Å². The van der Waals surface area contributed by atoms with Gasteiger partial charge >= 0.3 is 11.9 Å². The predicted molar refractivity (Wildman–Crippen MR) is 137 cm³/mol. The van der Waals surface area contributed by atoms with Crippen LogP contribution in [0.1, 0.15) is 42.2 Å². The first-order valence-corrected chi connectivity index (χ1v) is 12.2. The number of nitrogens with two attached hydrogens (primary N) is 1. The molecule has 2 aromatic carbocycles. The number of hydrogen-bond acceptors (Lipinski definition) is 5. The minimum Gasteiger partial charge on any atom is -0.473 e. The standard InChI is InChI=1S/C25H30N4O.C2H2O4/c26-25(30)17-29-16-21(22-3-1-2-4-24(22)29)10-14-28-12-8-18(9-13-28)19-5-6-23-20(15-19)7-11-27-23;3-1(4)2(5)6/h1-7,11,15,18,21,27H,8-10,12-14,16-17H2,(H2,26,30);(H,3,4)(H,5,6)/t21-;/m1./s1. The Hall–Kier alpha value is -3.85.